The second-order valence-electron chi connectivity index (χ2n) is 16.4. The van der Waals surface area contributed by atoms with Gasteiger partial charge in [0.1, 0.15) is 11.5 Å². The van der Waals surface area contributed by atoms with Gasteiger partial charge in [-0.2, -0.15) is 0 Å². The van der Waals surface area contributed by atoms with E-state index in [2.05, 4.69) is 41.5 Å². The summed E-state index contributed by atoms with van der Waals surface area (Å²) in [6.45, 7) is 13.6. The first kappa shape index (κ1) is 32.2. The van der Waals surface area contributed by atoms with Crippen LogP contribution in [-0.4, -0.2) is 42.4 Å². The average molecular weight is 601 g/mol. The summed E-state index contributed by atoms with van der Waals surface area (Å²) >= 11 is 0. The Hall–Kier alpha value is -1.24. The van der Waals surface area contributed by atoms with Gasteiger partial charge in [0.25, 0.3) is 0 Å². The van der Waals surface area contributed by atoms with Gasteiger partial charge in [-0.15, -0.1) is 0 Å². The number of sulfone groups is 1. The SMILES string of the molecule is C[C@H](CCCC(=O)CS(=O)(=O)c1ccc(C(C)(C)C)cc1)[C@H]1CC[C@H]2[C@@H]3[C@H](O)C[C@@H]4C[C@H](O)CC[C@]4(C)[C@H]3CC[C@]12C. The number of hydrogen-bond acceptors (Lipinski definition) is 5. The summed E-state index contributed by atoms with van der Waals surface area (Å²) in [6.07, 6.45) is 9.93. The van der Waals surface area contributed by atoms with Crippen molar-refractivity contribution in [1.29, 1.82) is 0 Å². The van der Waals surface area contributed by atoms with Crippen LogP contribution in [0, 0.1) is 46.3 Å². The summed E-state index contributed by atoms with van der Waals surface area (Å²) in [5, 5.41) is 21.8. The molecule has 0 aliphatic heterocycles. The molecule has 4 saturated carbocycles. The maximum atomic E-state index is 12.9. The first-order valence-corrected chi connectivity index (χ1v) is 18.4. The van der Waals surface area contributed by atoms with Crippen LogP contribution >= 0.6 is 0 Å². The van der Waals surface area contributed by atoms with E-state index in [0.29, 0.717) is 41.9 Å². The fourth-order valence-corrected chi connectivity index (χ4v) is 11.8. The van der Waals surface area contributed by atoms with Crippen molar-refractivity contribution in [2.75, 3.05) is 5.75 Å². The molecule has 4 fully saturated rings. The zero-order valence-electron chi connectivity index (χ0n) is 26.9. The van der Waals surface area contributed by atoms with Gasteiger partial charge in [0.2, 0.25) is 0 Å². The van der Waals surface area contributed by atoms with Crippen LogP contribution in [0.15, 0.2) is 29.2 Å². The topological polar surface area (TPSA) is 91.7 Å². The molecule has 4 aliphatic rings. The Morgan fingerprint density at radius 1 is 0.952 bits per heavy atom. The summed E-state index contributed by atoms with van der Waals surface area (Å²) < 4.78 is 25.8. The lowest BCUT2D eigenvalue weighted by Crippen LogP contribution is -2.58. The van der Waals surface area contributed by atoms with Gasteiger partial charge in [0.15, 0.2) is 9.84 Å². The van der Waals surface area contributed by atoms with E-state index >= 15 is 0 Å². The highest BCUT2D eigenvalue weighted by atomic mass is 32.2. The van der Waals surface area contributed by atoms with Crippen LogP contribution < -0.4 is 0 Å². The van der Waals surface area contributed by atoms with Crippen molar-refractivity contribution in [3.8, 4) is 0 Å². The summed E-state index contributed by atoms with van der Waals surface area (Å²) in [5.41, 5.74) is 1.47. The average Bonchev–Trinajstić information content (AvgIpc) is 3.26. The summed E-state index contributed by atoms with van der Waals surface area (Å²) in [4.78, 5) is 13.0. The third-order valence-electron chi connectivity index (χ3n) is 13.0. The molecule has 0 heterocycles. The molecule has 2 N–H and O–H groups in total. The van der Waals surface area contributed by atoms with E-state index in [1.54, 1.807) is 12.1 Å². The predicted octanol–water partition coefficient (Wildman–Crippen LogP) is 7.12. The fraction of sp³-hybridized carbons (Fsp3) is 0.806. The van der Waals surface area contributed by atoms with E-state index < -0.39 is 15.6 Å². The van der Waals surface area contributed by atoms with Crippen LogP contribution in [0.2, 0.25) is 0 Å². The summed E-state index contributed by atoms with van der Waals surface area (Å²) in [5.74, 6) is 2.33. The Morgan fingerprint density at radius 3 is 2.26 bits per heavy atom. The summed E-state index contributed by atoms with van der Waals surface area (Å²) in [7, 11) is -3.63. The molecule has 0 bridgehead atoms. The van der Waals surface area contributed by atoms with Gasteiger partial charge in [0, 0.05) is 6.42 Å². The molecule has 0 spiro atoms. The number of fused-ring (bicyclic) bond motifs is 5. The minimum atomic E-state index is -3.63. The Morgan fingerprint density at radius 2 is 1.60 bits per heavy atom. The third-order valence-corrected chi connectivity index (χ3v) is 14.7. The van der Waals surface area contributed by atoms with E-state index in [0.717, 1.165) is 44.1 Å². The molecule has 5 rings (SSSR count). The van der Waals surface area contributed by atoms with Gasteiger partial charge in [-0.3, -0.25) is 4.79 Å². The van der Waals surface area contributed by atoms with Gasteiger partial charge >= 0.3 is 0 Å². The van der Waals surface area contributed by atoms with Gasteiger partial charge < -0.3 is 10.2 Å². The molecule has 4 aliphatic carbocycles. The van der Waals surface area contributed by atoms with Crippen molar-refractivity contribution >= 4 is 15.6 Å². The normalized spacial score (nSPS) is 39.2. The lowest BCUT2D eigenvalue weighted by Gasteiger charge is -2.62. The van der Waals surface area contributed by atoms with Crippen LogP contribution in [0.3, 0.4) is 0 Å². The van der Waals surface area contributed by atoms with Crippen molar-refractivity contribution in [1.82, 2.24) is 0 Å². The third kappa shape index (κ3) is 5.90. The molecule has 0 unspecified atom stereocenters. The number of aliphatic hydroxyl groups excluding tert-OH is 2. The molecular formula is C36H56O5S. The van der Waals surface area contributed by atoms with Gasteiger partial charge in [-0.1, -0.05) is 60.1 Å². The smallest absolute Gasteiger partial charge is 0.185 e. The standard InChI is InChI=1S/C36H56O5S/c1-23(8-7-9-27(38)22-42(40,41)28-12-10-24(11-13-28)34(2,3)4)29-14-15-30-33-31(17-19-36(29,30)6)35(5)18-16-26(37)20-25(35)21-32(33)39/h10-13,23,25-26,29-33,37,39H,7-9,14-22H2,1-6H3/t23-,25+,26-,29-,30+,31+,32-,33+,35+,36-/m1/s1. The van der Waals surface area contributed by atoms with Crippen molar-refractivity contribution < 1.29 is 23.4 Å². The molecule has 10 atom stereocenters. The Balaban J connectivity index is 1.16. The summed E-state index contributed by atoms with van der Waals surface area (Å²) in [6, 6.07) is 6.98. The minimum absolute atomic E-state index is 0.0537. The van der Waals surface area contributed by atoms with Crippen molar-refractivity contribution in [3.05, 3.63) is 29.8 Å². The largest absolute Gasteiger partial charge is 0.393 e. The molecule has 42 heavy (non-hydrogen) atoms. The minimum Gasteiger partial charge on any atom is -0.393 e. The number of benzene rings is 1. The molecule has 236 valence electrons. The van der Waals surface area contributed by atoms with Crippen LogP contribution in [0.25, 0.3) is 0 Å². The second-order valence-corrected chi connectivity index (χ2v) is 18.4. The van der Waals surface area contributed by atoms with Gasteiger partial charge in [0.05, 0.1) is 17.1 Å². The molecule has 6 heteroatoms. The molecule has 0 amide bonds. The lowest BCUT2D eigenvalue weighted by molar-refractivity contribution is -0.174. The molecule has 1 aromatic rings. The molecule has 0 saturated heterocycles. The molecule has 0 radical (unpaired) electrons. The first-order chi connectivity index (χ1) is 19.6. The number of hydrogen-bond donors (Lipinski definition) is 2. The maximum absolute atomic E-state index is 12.9. The molecule has 5 nitrogen and oxygen atoms in total. The predicted molar refractivity (Wildman–Crippen MR) is 168 cm³/mol. The molecular weight excluding hydrogens is 544 g/mol. The van der Waals surface area contributed by atoms with E-state index in [9.17, 15) is 23.4 Å². The molecule has 0 aromatic heterocycles. The van der Waals surface area contributed by atoms with Crippen molar-refractivity contribution in [3.63, 3.8) is 0 Å². The van der Waals surface area contributed by atoms with E-state index in [-0.39, 0.29) is 39.1 Å². The second kappa shape index (κ2) is 11.6. The van der Waals surface area contributed by atoms with Crippen molar-refractivity contribution in [2.24, 2.45) is 46.3 Å². The van der Waals surface area contributed by atoms with Crippen LogP contribution in [-0.2, 0) is 20.0 Å². The number of Topliss-reactive ketones (excluding diaryl/α,β-unsaturated/α-hetero) is 1. The lowest BCUT2D eigenvalue weighted by atomic mass is 9.43. The zero-order chi connectivity index (χ0) is 30.7. The quantitative estimate of drug-likeness (QED) is 0.331. The number of carbonyl (C=O) groups is 1. The van der Waals surface area contributed by atoms with E-state index in [4.69, 9.17) is 0 Å². The van der Waals surface area contributed by atoms with Gasteiger partial charge in [-0.05, 0) is 127 Å². The van der Waals surface area contributed by atoms with Gasteiger partial charge in [-0.25, -0.2) is 8.42 Å². The Bertz CT molecular complexity index is 1230. The highest BCUT2D eigenvalue weighted by Gasteiger charge is 2.62. The number of carbonyl (C=O) groups excluding carboxylic acids is 1. The number of ketones is 1. The van der Waals surface area contributed by atoms with Crippen LogP contribution in [0.5, 0.6) is 0 Å². The van der Waals surface area contributed by atoms with E-state index in [1.807, 2.05) is 12.1 Å². The van der Waals surface area contributed by atoms with E-state index in [1.165, 1.54) is 25.7 Å². The maximum Gasteiger partial charge on any atom is 0.185 e. The monoisotopic (exact) mass is 600 g/mol. The van der Waals surface area contributed by atoms with Crippen LogP contribution in [0.1, 0.15) is 118 Å². The Labute approximate surface area is 255 Å². The number of rotatable bonds is 8. The van der Waals surface area contributed by atoms with Crippen molar-refractivity contribution in [2.45, 2.75) is 135 Å². The highest BCUT2D eigenvalue weighted by Crippen LogP contribution is 2.68. The molecule has 1 aromatic carbocycles. The number of aliphatic hydroxyl groups is 2. The Kier molecular flexibility index (Phi) is 8.88. The highest BCUT2D eigenvalue weighted by molar-refractivity contribution is 7.92. The zero-order valence-corrected chi connectivity index (χ0v) is 27.8. The van der Waals surface area contributed by atoms with Crippen LogP contribution in [0.4, 0.5) is 0 Å². The fourth-order valence-electron chi connectivity index (χ4n) is 10.5. The first-order valence-electron chi connectivity index (χ1n) is 16.8.